The minimum Gasteiger partial charge on any atom is -0.480 e. The maximum Gasteiger partial charge on any atom is 0.326 e. The van der Waals surface area contributed by atoms with Crippen molar-refractivity contribution in [3.63, 3.8) is 0 Å². The van der Waals surface area contributed by atoms with Crippen LogP contribution in [0.5, 0.6) is 0 Å². The van der Waals surface area contributed by atoms with Crippen molar-refractivity contribution in [2.45, 2.75) is 25.3 Å². The summed E-state index contributed by atoms with van der Waals surface area (Å²) in [7, 11) is 0. The summed E-state index contributed by atoms with van der Waals surface area (Å²) in [5, 5.41) is 12.4. The molecule has 20 heavy (non-hydrogen) atoms. The standard InChI is InChI=1S/C17H19NO2/c1-13(15-10-6-3-7-11-15)18-16(17(19)20)12-14-8-4-2-5-9-14/h3-4,6-11,16,18H,1-2,5,12H2,(H,19,20)/t16-/m0/s1. The maximum absolute atomic E-state index is 11.4. The van der Waals surface area contributed by atoms with Crippen LogP contribution in [0, 0.1) is 0 Å². The topological polar surface area (TPSA) is 49.3 Å². The fourth-order valence-corrected chi connectivity index (χ4v) is 2.19. The Bertz CT molecular complexity index is 543. The zero-order chi connectivity index (χ0) is 14.4. The van der Waals surface area contributed by atoms with Crippen LogP contribution in [0.15, 0.2) is 60.7 Å². The van der Waals surface area contributed by atoms with Gasteiger partial charge in [-0.1, -0.05) is 55.1 Å². The summed E-state index contributed by atoms with van der Waals surface area (Å²) < 4.78 is 0. The zero-order valence-electron chi connectivity index (χ0n) is 11.4. The van der Waals surface area contributed by atoms with Gasteiger partial charge in [-0.05, 0) is 24.0 Å². The SMILES string of the molecule is C=C(N[C@@H](CC1=CCCC=C1)C(=O)O)c1ccccc1. The summed E-state index contributed by atoms with van der Waals surface area (Å²) >= 11 is 0. The monoisotopic (exact) mass is 269 g/mol. The van der Waals surface area contributed by atoms with E-state index in [1.54, 1.807) is 0 Å². The number of carbonyl (C=O) groups is 1. The number of carboxylic acids is 1. The largest absolute Gasteiger partial charge is 0.480 e. The number of hydrogen-bond acceptors (Lipinski definition) is 2. The lowest BCUT2D eigenvalue weighted by Gasteiger charge is -2.19. The van der Waals surface area contributed by atoms with E-state index >= 15 is 0 Å². The van der Waals surface area contributed by atoms with Gasteiger partial charge in [-0.15, -0.1) is 0 Å². The predicted octanol–water partition coefficient (Wildman–Crippen LogP) is 3.37. The molecular formula is C17H19NO2. The smallest absolute Gasteiger partial charge is 0.326 e. The molecule has 104 valence electrons. The number of aliphatic carboxylic acids is 1. The average Bonchev–Trinajstić information content (AvgIpc) is 2.48. The molecule has 0 unspecified atom stereocenters. The lowest BCUT2D eigenvalue weighted by atomic mass is 9.99. The summed E-state index contributed by atoms with van der Waals surface area (Å²) in [5.41, 5.74) is 2.61. The molecule has 3 nitrogen and oxygen atoms in total. The molecule has 0 saturated heterocycles. The first-order valence-corrected chi connectivity index (χ1v) is 6.76. The number of hydrogen-bond donors (Lipinski definition) is 2. The summed E-state index contributed by atoms with van der Waals surface area (Å²) in [5.74, 6) is -0.859. The highest BCUT2D eigenvalue weighted by Gasteiger charge is 2.19. The van der Waals surface area contributed by atoms with E-state index in [4.69, 9.17) is 0 Å². The van der Waals surface area contributed by atoms with E-state index in [1.165, 1.54) is 0 Å². The molecule has 0 fully saturated rings. The van der Waals surface area contributed by atoms with Crippen molar-refractivity contribution in [1.29, 1.82) is 0 Å². The third-order valence-electron chi connectivity index (χ3n) is 3.28. The molecule has 1 atom stereocenters. The Morgan fingerprint density at radius 3 is 2.65 bits per heavy atom. The molecule has 0 amide bonds. The Balaban J connectivity index is 2.02. The molecule has 2 rings (SSSR count). The third kappa shape index (κ3) is 3.85. The van der Waals surface area contributed by atoms with E-state index in [1.807, 2.05) is 36.4 Å². The van der Waals surface area contributed by atoms with E-state index in [2.05, 4.69) is 24.0 Å². The quantitative estimate of drug-likeness (QED) is 0.832. The summed E-state index contributed by atoms with van der Waals surface area (Å²) in [6.45, 7) is 3.93. The number of carboxylic acid groups (broad SMARTS) is 1. The second kappa shape index (κ2) is 6.75. The van der Waals surface area contributed by atoms with Gasteiger partial charge in [-0.2, -0.15) is 0 Å². The normalized spacial score (nSPS) is 15.3. The van der Waals surface area contributed by atoms with Gasteiger partial charge in [-0.3, -0.25) is 0 Å². The highest BCUT2D eigenvalue weighted by atomic mass is 16.4. The van der Waals surface area contributed by atoms with Crippen molar-refractivity contribution < 1.29 is 9.90 Å². The molecule has 3 heteroatoms. The van der Waals surface area contributed by atoms with Crippen molar-refractivity contribution >= 4 is 11.7 Å². The van der Waals surface area contributed by atoms with E-state index in [9.17, 15) is 9.90 Å². The van der Waals surface area contributed by atoms with E-state index < -0.39 is 12.0 Å². The Kier molecular flexibility index (Phi) is 4.77. The van der Waals surface area contributed by atoms with Crippen molar-refractivity contribution in [1.82, 2.24) is 5.32 Å². The van der Waals surface area contributed by atoms with Crippen LogP contribution in [-0.2, 0) is 4.79 Å². The molecule has 0 bridgehead atoms. The molecule has 0 aromatic heterocycles. The van der Waals surface area contributed by atoms with E-state index in [0.717, 1.165) is 24.0 Å². The Morgan fingerprint density at radius 1 is 1.30 bits per heavy atom. The maximum atomic E-state index is 11.4. The molecule has 0 radical (unpaired) electrons. The van der Waals surface area contributed by atoms with Gasteiger partial charge in [0.05, 0.1) is 0 Å². The van der Waals surface area contributed by atoms with Crippen LogP contribution in [0.2, 0.25) is 0 Å². The van der Waals surface area contributed by atoms with Crippen molar-refractivity contribution in [2.75, 3.05) is 0 Å². The molecule has 1 aromatic rings. The molecule has 1 aliphatic rings. The van der Waals surface area contributed by atoms with Crippen LogP contribution in [0.4, 0.5) is 0 Å². The second-order valence-electron chi connectivity index (χ2n) is 4.84. The number of allylic oxidation sites excluding steroid dienone is 3. The van der Waals surface area contributed by atoms with Gasteiger partial charge >= 0.3 is 5.97 Å². The fraction of sp³-hybridized carbons (Fsp3) is 0.235. The van der Waals surface area contributed by atoms with Crippen molar-refractivity contribution in [3.8, 4) is 0 Å². The minimum absolute atomic E-state index is 0.470. The summed E-state index contributed by atoms with van der Waals surface area (Å²) in [6, 6.07) is 8.90. The molecule has 0 heterocycles. The predicted molar refractivity (Wildman–Crippen MR) is 81.1 cm³/mol. The van der Waals surface area contributed by atoms with Crippen LogP contribution >= 0.6 is 0 Å². The van der Waals surface area contributed by atoms with E-state index in [-0.39, 0.29) is 0 Å². The van der Waals surface area contributed by atoms with Gasteiger partial charge in [0, 0.05) is 12.1 Å². The first kappa shape index (κ1) is 14.1. The summed E-state index contributed by atoms with van der Waals surface area (Å²) in [4.78, 5) is 11.4. The Labute approximate surface area is 119 Å². The van der Waals surface area contributed by atoms with Gasteiger partial charge in [0.1, 0.15) is 6.04 Å². The Morgan fingerprint density at radius 2 is 2.05 bits per heavy atom. The van der Waals surface area contributed by atoms with Crippen LogP contribution in [0.3, 0.4) is 0 Å². The van der Waals surface area contributed by atoms with Gasteiger partial charge in [-0.25, -0.2) is 4.79 Å². The van der Waals surface area contributed by atoms with Gasteiger partial charge in [0.15, 0.2) is 0 Å². The second-order valence-corrected chi connectivity index (χ2v) is 4.84. The highest BCUT2D eigenvalue weighted by molar-refractivity contribution is 5.77. The molecule has 0 spiro atoms. The average molecular weight is 269 g/mol. The van der Waals surface area contributed by atoms with Crippen LogP contribution in [0.25, 0.3) is 5.70 Å². The lowest BCUT2D eigenvalue weighted by Crippen LogP contribution is -2.35. The van der Waals surface area contributed by atoms with Gasteiger partial charge < -0.3 is 10.4 Å². The number of nitrogens with one attached hydrogen (secondary N) is 1. The summed E-state index contributed by atoms with van der Waals surface area (Å²) in [6.07, 6.45) is 8.68. The molecule has 0 saturated carbocycles. The van der Waals surface area contributed by atoms with Crippen molar-refractivity contribution in [3.05, 3.63) is 66.3 Å². The van der Waals surface area contributed by atoms with E-state index in [0.29, 0.717) is 12.1 Å². The first-order valence-electron chi connectivity index (χ1n) is 6.76. The molecular weight excluding hydrogens is 250 g/mol. The van der Waals surface area contributed by atoms with Crippen molar-refractivity contribution in [2.24, 2.45) is 0 Å². The van der Waals surface area contributed by atoms with Crippen LogP contribution in [0.1, 0.15) is 24.8 Å². The number of benzene rings is 1. The molecule has 2 N–H and O–H groups in total. The highest BCUT2D eigenvalue weighted by Crippen LogP contribution is 2.17. The third-order valence-corrected chi connectivity index (χ3v) is 3.28. The molecule has 1 aromatic carbocycles. The lowest BCUT2D eigenvalue weighted by molar-refractivity contribution is -0.139. The Hall–Kier alpha value is -2.29. The first-order chi connectivity index (χ1) is 9.66. The number of rotatable bonds is 6. The minimum atomic E-state index is -0.859. The molecule has 1 aliphatic carbocycles. The molecule has 0 aliphatic heterocycles. The van der Waals surface area contributed by atoms with Gasteiger partial charge in [0.25, 0.3) is 0 Å². The van der Waals surface area contributed by atoms with Crippen LogP contribution < -0.4 is 5.32 Å². The zero-order valence-corrected chi connectivity index (χ0v) is 11.4. The van der Waals surface area contributed by atoms with Crippen LogP contribution in [-0.4, -0.2) is 17.1 Å². The fourth-order valence-electron chi connectivity index (χ4n) is 2.19. The van der Waals surface area contributed by atoms with Gasteiger partial charge in [0.2, 0.25) is 0 Å².